The predicted octanol–water partition coefficient (Wildman–Crippen LogP) is -0.680. The van der Waals surface area contributed by atoms with Crippen LogP contribution in [0.4, 0.5) is 0 Å². The molecule has 3 heterocycles. The minimum atomic E-state index is -2.27. The molecule has 276 valence electrons. The van der Waals surface area contributed by atoms with Crippen LogP contribution >= 0.6 is 0 Å². The number of nitrogens with two attached hydrogens (primary N) is 1. The summed E-state index contributed by atoms with van der Waals surface area (Å²) in [6, 6.07) is -1.11. The van der Waals surface area contributed by atoms with Crippen LogP contribution in [0.3, 0.4) is 0 Å². The summed E-state index contributed by atoms with van der Waals surface area (Å²) in [4.78, 5) is 24.5. The number of cyclic esters (lactones) is 1. The van der Waals surface area contributed by atoms with Crippen molar-refractivity contribution in [2.45, 2.75) is 126 Å². The number of rotatable bonds is 3. The van der Waals surface area contributed by atoms with Crippen molar-refractivity contribution in [3.63, 3.8) is 0 Å². The molecular formula is C34H51NO14. The summed E-state index contributed by atoms with van der Waals surface area (Å²) in [6.45, 7) is 5.09. The van der Waals surface area contributed by atoms with Gasteiger partial charge in [-0.15, -0.1) is 0 Å². The number of esters is 1. The average molecular weight is 698 g/mol. The number of hydrogen-bond donors (Lipinski definition) is 9. The highest BCUT2D eigenvalue weighted by Gasteiger charge is 2.51. The standard InChI is InChI=1S/C34H51NO14/c1-18-10-8-6-4-5-7-9-11-22(48-33-31(42)29(35)30(41)20(3)47-33)15-26-28(32(43)44)25(39)17-34(45,49-26)16-21(36)14-24(38)23(37)12-13-27(40)46-19(18)2/h4-13,18-26,28-31,33,36-39,41-42,45H,14-17,35H2,1-3H3,(H,43,44)/b6-4+,7-5+,10-8+,11-9+,13-12+/t18-,19+,20+,21?,22?,23+,24?,25-,26-,28+,29-,30+,31-,33-,34+/m0/s1. The molecule has 0 radical (unpaired) electrons. The first kappa shape index (κ1) is 40.6. The molecule has 0 saturated carbocycles. The SMILES string of the molecule is C[C@H]1/C=C/C=C/C=C/C=C/C(O[C@@H]2O[C@H](C)[C@@H](O)[C@H](N)[C@@H]2O)C[C@@H]2O[C@](O)(CC(O)CC(O)[C@H](O)/C=C/C(=O)O[C@@H]1C)C[C@H](O)[C@H]2C(=O)O. The summed E-state index contributed by atoms with van der Waals surface area (Å²) in [7, 11) is 0. The first-order valence-corrected chi connectivity index (χ1v) is 16.4. The van der Waals surface area contributed by atoms with Gasteiger partial charge in [0, 0.05) is 37.7 Å². The van der Waals surface area contributed by atoms with Crippen LogP contribution in [0.2, 0.25) is 0 Å². The molecule has 10 N–H and O–H groups in total. The Morgan fingerprint density at radius 3 is 2.14 bits per heavy atom. The number of aliphatic hydroxyl groups excluding tert-OH is 6. The first-order valence-electron chi connectivity index (χ1n) is 16.4. The van der Waals surface area contributed by atoms with Crippen LogP contribution in [0.25, 0.3) is 0 Å². The molecule has 2 fully saturated rings. The molecule has 0 aromatic carbocycles. The fourth-order valence-corrected chi connectivity index (χ4v) is 5.86. The van der Waals surface area contributed by atoms with E-state index in [0.29, 0.717) is 0 Å². The Morgan fingerprint density at radius 1 is 0.857 bits per heavy atom. The lowest BCUT2D eigenvalue weighted by molar-refractivity contribution is -0.308. The largest absolute Gasteiger partial charge is 0.481 e. The molecule has 15 heteroatoms. The van der Waals surface area contributed by atoms with Gasteiger partial charge in [0.2, 0.25) is 0 Å². The summed E-state index contributed by atoms with van der Waals surface area (Å²) in [5, 5.41) is 84.7. The zero-order valence-electron chi connectivity index (χ0n) is 27.8. The highest BCUT2D eigenvalue weighted by molar-refractivity contribution is 5.82. The van der Waals surface area contributed by atoms with Gasteiger partial charge in [-0.2, -0.15) is 0 Å². The quantitative estimate of drug-likeness (QED) is 0.166. The van der Waals surface area contributed by atoms with Gasteiger partial charge in [0.25, 0.3) is 0 Å². The van der Waals surface area contributed by atoms with Gasteiger partial charge in [-0.05, 0) is 19.9 Å². The lowest BCUT2D eigenvalue weighted by Crippen LogP contribution is -2.61. The molecule has 0 aromatic rings. The van der Waals surface area contributed by atoms with E-state index in [1.807, 2.05) is 13.0 Å². The van der Waals surface area contributed by atoms with E-state index in [9.17, 15) is 50.4 Å². The van der Waals surface area contributed by atoms with Gasteiger partial charge >= 0.3 is 11.9 Å². The Hall–Kier alpha value is -2.80. The Morgan fingerprint density at radius 2 is 1.49 bits per heavy atom. The van der Waals surface area contributed by atoms with Gasteiger partial charge in [0.05, 0.1) is 54.9 Å². The van der Waals surface area contributed by atoms with Gasteiger partial charge in [-0.1, -0.05) is 55.5 Å². The fourth-order valence-electron chi connectivity index (χ4n) is 5.86. The smallest absolute Gasteiger partial charge is 0.330 e. The zero-order valence-corrected chi connectivity index (χ0v) is 27.8. The molecular weight excluding hydrogens is 646 g/mol. The molecule has 0 amide bonds. The molecule has 0 aliphatic carbocycles. The predicted molar refractivity (Wildman–Crippen MR) is 173 cm³/mol. The van der Waals surface area contributed by atoms with Gasteiger partial charge in [-0.25, -0.2) is 4.79 Å². The van der Waals surface area contributed by atoms with Crippen molar-refractivity contribution in [2.75, 3.05) is 0 Å². The average Bonchev–Trinajstić information content (AvgIpc) is 3.00. The summed E-state index contributed by atoms with van der Waals surface area (Å²) in [5.41, 5.74) is 5.96. The van der Waals surface area contributed by atoms with Gasteiger partial charge in [-0.3, -0.25) is 4.79 Å². The van der Waals surface area contributed by atoms with E-state index in [-0.39, 0.29) is 12.3 Å². The van der Waals surface area contributed by atoms with Crippen molar-refractivity contribution in [3.05, 3.63) is 60.8 Å². The molecule has 2 saturated heterocycles. The number of aliphatic hydroxyl groups is 7. The molecule has 3 unspecified atom stereocenters. The third kappa shape index (κ3) is 11.9. The van der Waals surface area contributed by atoms with Crippen molar-refractivity contribution in [2.24, 2.45) is 17.6 Å². The number of carboxylic acids is 1. The van der Waals surface area contributed by atoms with Crippen LogP contribution < -0.4 is 5.73 Å². The number of fused-ring (bicyclic) bond motifs is 2. The summed E-state index contributed by atoms with van der Waals surface area (Å²) in [6.07, 6.45) is -0.575. The molecule has 49 heavy (non-hydrogen) atoms. The number of hydrogen-bond acceptors (Lipinski definition) is 14. The maximum absolute atomic E-state index is 12.3. The van der Waals surface area contributed by atoms with Crippen LogP contribution in [-0.4, -0.2) is 132 Å². The monoisotopic (exact) mass is 697 g/mol. The highest BCUT2D eigenvalue weighted by atomic mass is 16.7. The van der Waals surface area contributed by atoms with E-state index in [4.69, 9.17) is 24.7 Å². The van der Waals surface area contributed by atoms with Gasteiger partial charge < -0.3 is 65.5 Å². The van der Waals surface area contributed by atoms with E-state index in [1.54, 1.807) is 50.3 Å². The second kappa shape index (κ2) is 18.4. The van der Waals surface area contributed by atoms with Crippen molar-refractivity contribution in [3.8, 4) is 0 Å². The molecule has 0 spiro atoms. The Bertz CT molecular complexity index is 1240. The lowest BCUT2D eigenvalue weighted by Gasteiger charge is -2.45. The Kier molecular flexibility index (Phi) is 15.3. The second-order valence-electron chi connectivity index (χ2n) is 13.0. The molecule has 3 aliphatic rings. The first-order chi connectivity index (χ1) is 23.0. The third-order valence-electron chi connectivity index (χ3n) is 8.90. The van der Waals surface area contributed by atoms with E-state index in [0.717, 1.165) is 12.2 Å². The van der Waals surface area contributed by atoms with Crippen LogP contribution in [0, 0.1) is 11.8 Å². The molecule has 15 nitrogen and oxygen atoms in total. The number of carbonyl (C=O) groups is 2. The molecule has 2 bridgehead atoms. The minimum absolute atomic E-state index is 0.171. The summed E-state index contributed by atoms with van der Waals surface area (Å²) < 4.78 is 22.9. The van der Waals surface area contributed by atoms with E-state index < -0.39 is 116 Å². The second-order valence-corrected chi connectivity index (χ2v) is 13.0. The minimum Gasteiger partial charge on any atom is -0.481 e. The summed E-state index contributed by atoms with van der Waals surface area (Å²) in [5.74, 6) is -6.15. The molecule has 3 rings (SSSR count). The lowest BCUT2D eigenvalue weighted by atomic mass is 9.82. The van der Waals surface area contributed by atoms with E-state index >= 15 is 0 Å². The number of allylic oxidation sites excluding steroid dienone is 6. The Labute approximate surface area is 285 Å². The van der Waals surface area contributed by atoms with Crippen molar-refractivity contribution < 1.29 is 69.4 Å². The topological polar surface area (TPSA) is 259 Å². The van der Waals surface area contributed by atoms with Crippen molar-refractivity contribution >= 4 is 11.9 Å². The third-order valence-corrected chi connectivity index (χ3v) is 8.90. The molecule has 15 atom stereocenters. The molecule has 3 aliphatic heterocycles. The maximum Gasteiger partial charge on any atom is 0.330 e. The van der Waals surface area contributed by atoms with E-state index in [1.165, 1.54) is 6.08 Å². The number of aliphatic carboxylic acids is 1. The normalized spacial score (nSPS) is 46.7. The van der Waals surface area contributed by atoms with Crippen LogP contribution in [0.15, 0.2) is 60.8 Å². The summed E-state index contributed by atoms with van der Waals surface area (Å²) >= 11 is 0. The zero-order chi connectivity index (χ0) is 36.5. The van der Waals surface area contributed by atoms with Crippen LogP contribution in [0.5, 0.6) is 0 Å². The maximum atomic E-state index is 12.3. The van der Waals surface area contributed by atoms with Crippen molar-refractivity contribution in [1.82, 2.24) is 0 Å². The number of carboxylic acid groups (broad SMARTS) is 1. The Balaban J connectivity index is 1.94. The van der Waals surface area contributed by atoms with Gasteiger partial charge in [0.1, 0.15) is 18.1 Å². The van der Waals surface area contributed by atoms with Crippen molar-refractivity contribution in [1.29, 1.82) is 0 Å². The molecule has 0 aromatic heterocycles. The number of ether oxygens (including phenoxy) is 4. The highest BCUT2D eigenvalue weighted by Crippen LogP contribution is 2.38. The van der Waals surface area contributed by atoms with Gasteiger partial charge in [0.15, 0.2) is 12.1 Å². The fraction of sp³-hybridized carbons (Fsp3) is 0.647. The number of carbonyl (C=O) groups excluding carboxylic acids is 1. The van der Waals surface area contributed by atoms with E-state index in [2.05, 4.69) is 0 Å². The van der Waals surface area contributed by atoms with Crippen LogP contribution in [-0.2, 0) is 28.5 Å². The van der Waals surface area contributed by atoms with Crippen LogP contribution in [0.1, 0.15) is 46.5 Å².